The van der Waals surface area contributed by atoms with E-state index in [1.165, 1.54) is 17.2 Å². The van der Waals surface area contributed by atoms with Crippen LogP contribution in [0.15, 0.2) is 25.0 Å². The molecular formula is C12H15N5Na2O10P2. The second-order valence-corrected chi connectivity index (χ2v) is 8.94. The summed E-state index contributed by atoms with van der Waals surface area (Å²) in [5, 5.41) is 20.5. The molecule has 31 heavy (non-hydrogen) atoms. The van der Waals surface area contributed by atoms with Crippen LogP contribution in [-0.2, 0) is 22.7 Å². The molecule has 4 rings (SSSR count). The fourth-order valence-corrected chi connectivity index (χ4v) is 4.55. The van der Waals surface area contributed by atoms with Crippen LogP contribution in [0.5, 0.6) is 0 Å². The van der Waals surface area contributed by atoms with Crippen molar-refractivity contribution in [1.29, 1.82) is 0 Å². The van der Waals surface area contributed by atoms with Gasteiger partial charge in [0.1, 0.15) is 24.6 Å². The number of hydrogen-bond acceptors (Lipinski definition) is 10. The van der Waals surface area contributed by atoms with E-state index in [9.17, 15) is 24.2 Å². The molecule has 15 nitrogen and oxygen atoms in total. The molecule has 1 unspecified atom stereocenters. The molecule has 5 atom stereocenters. The number of phosphoric ester groups is 1. The Balaban J connectivity index is 0.00000171. The maximum absolute atomic E-state index is 11.5. The van der Waals surface area contributed by atoms with Crippen LogP contribution in [0.4, 0.5) is 0 Å². The molecule has 0 amide bonds. The van der Waals surface area contributed by atoms with E-state index in [0.717, 1.165) is 0 Å². The van der Waals surface area contributed by atoms with E-state index in [4.69, 9.17) is 14.5 Å². The van der Waals surface area contributed by atoms with Crippen LogP contribution in [0.2, 0.25) is 0 Å². The number of aliphatic hydroxyl groups excluding tert-OH is 2. The Kier molecular flexibility index (Phi) is 9.07. The van der Waals surface area contributed by atoms with Crippen molar-refractivity contribution in [2.45, 2.75) is 24.5 Å². The molecule has 2 radical (unpaired) electrons. The third-order valence-corrected chi connectivity index (χ3v) is 6.33. The minimum atomic E-state index is -5.29. The minimum absolute atomic E-state index is 0. The third-order valence-electron chi connectivity index (χ3n) is 4.18. The molecule has 5 N–H and O–H groups in total. The van der Waals surface area contributed by atoms with Crippen LogP contribution in [-0.4, -0.2) is 133 Å². The Morgan fingerprint density at radius 2 is 1.74 bits per heavy atom. The zero-order valence-corrected chi connectivity index (χ0v) is 22.0. The number of fused-ring (bicyclic) bond motifs is 3. The third kappa shape index (κ3) is 5.84. The van der Waals surface area contributed by atoms with Gasteiger partial charge in [0.05, 0.1) is 12.9 Å². The zero-order chi connectivity index (χ0) is 21.0. The molecule has 19 heteroatoms. The van der Waals surface area contributed by atoms with Crippen LogP contribution in [0, 0.1) is 0 Å². The van der Waals surface area contributed by atoms with Crippen LogP contribution in [0.1, 0.15) is 6.23 Å². The van der Waals surface area contributed by atoms with E-state index < -0.39 is 46.8 Å². The molecule has 4 heterocycles. The van der Waals surface area contributed by atoms with Crippen molar-refractivity contribution in [3.63, 3.8) is 0 Å². The van der Waals surface area contributed by atoms with Crippen molar-refractivity contribution in [3.8, 4) is 0 Å². The maximum Gasteiger partial charge on any atom is 0.481 e. The molecule has 3 aromatic heterocycles. The number of imidazole rings is 2. The van der Waals surface area contributed by atoms with Crippen LogP contribution in [0.25, 0.3) is 16.8 Å². The number of ether oxygens (including phenoxy) is 1. The number of nitrogens with zero attached hydrogens (tertiary/aromatic N) is 5. The molecule has 1 aliphatic heterocycles. The fraction of sp³-hybridized carbons (Fsp3) is 0.417. The van der Waals surface area contributed by atoms with Gasteiger partial charge in [-0.25, -0.2) is 24.1 Å². The SMILES string of the molecule is O=P(O)(O)OP(=O)(O)OC[C@H]1O[C@@H](n2cnc3c2ncn2ccnc32)[C@H](O)[C@@H]1O.[Na].[Na]. The Bertz CT molecular complexity index is 1150. The van der Waals surface area contributed by atoms with Crippen molar-refractivity contribution in [3.05, 3.63) is 25.0 Å². The van der Waals surface area contributed by atoms with Crippen LogP contribution < -0.4 is 0 Å². The summed E-state index contributed by atoms with van der Waals surface area (Å²) < 4.78 is 38.8. The molecular weight excluding hydrogens is 482 g/mol. The monoisotopic (exact) mass is 497 g/mol. The van der Waals surface area contributed by atoms with E-state index in [2.05, 4.69) is 23.8 Å². The van der Waals surface area contributed by atoms with Gasteiger partial charge in [-0.05, 0) is 0 Å². The van der Waals surface area contributed by atoms with Crippen molar-refractivity contribution in [1.82, 2.24) is 23.9 Å². The molecule has 1 saturated heterocycles. The maximum atomic E-state index is 11.5. The largest absolute Gasteiger partial charge is 0.481 e. The van der Waals surface area contributed by atoms with Crippen LogP contribution in [0.3, 0.4) is 0 Å². The zero-order valence-electron chi connectivity index (χ0n) is 16.2. The van der Waals surface area contributed by atoms with E-state index in [0.29, 0.717) is 16.8 Å². The second-order valence-electron chi connectivity index (χ2n) is 6.11. The molecule has 0 spiro atoms. The first kappa shape index (κ1) is 27.5. The average Bonchev–Trinajstić information content (AvgIpc) is 3.29. The summed E-state index contributed by atoms with van der Waals surface area (Å²) in [7, 11) is -10.4. The molecule has 0 aromatic carbocycles. The topological polar surface area (TPSA) is 211 Å². The first-order valence-corrected chi connectivity index (χ1v) is 11.0. The Labute approximate surface area is 217 Å². The summed E-state index contributed by atoms with van der Waals surface area (Å²) >= 11 is 0. The summed E-state index contributed by atoms with van der Waals surface area (Å²) in [5.74, 6) is 0. The van der Waals surface area contributed by atoms with E-state index in [1.807, 2.05) is 0 Å². The first-order valence-electron chi connectivity index (χ1n) is 7.96. The predicted octanol–water partition coefficient (Wildman–Crippen LogP) is -1.84. The summed E-state index contributed by atoms with van der Waals surface area (Å²) in [6.45, 7) is -0.799. The van der Waals surface area contributed by atoms with Gasteiger partial charge in [-0.15, -0.1) is 0 Å². The molecule has 160 valence electrons. The second kappa shape index (κ2) is 10.2. The summed E-state index contributed by atoms with van der Waals surface area (Å²) in [6, 6.07) is 0. The van der Waals surface area contributed by atoms with Gasteiger partial charge in [-0.2, -0.15) is 4.31 Å². The van der Waals surface area contributed by atoms with Crippen molar-refractivity contribution in [2.75, 3.05) is 6.61 Å². The molecule has 1 fully saturated rings. The van der Waals surface area contributed by atoms with E-state index in [-0.39, 0.29) is 59.1 Å². The fourth-order valence-electron chi connectivity index (χ4n) is 2.96. The van der Waals surface area contributed by atoms with Gasteiger partial charge in [0, 0.05) is 71.5 Å². The minimum Gasteiger partial charge on any atom is -0.387 e. The molecule has 1 aliphatic rings. The molecule has 0 bridgehead atoms. The number of aromatic nitrogens is 5. The van der Waals surface area contributed by atoms with Gasteiger partial charge in [0.15, 0.2) is 23.0 Å². The predicted molar refractivity (Wildman–Crippen MR) is 103 cm³/mol. The average molecular weight is 497 g/mol. The Morgan fingerprint density at radius 1 is 1.03 bits per heavy atom. The first-order chi connectivity index (χ1) is 13.6. The summed E-state index contributed by atoms with van der Waals surface area (Å²) in [4.78, 5) is 39.1. The standard InChI is InChI=1S/C12H15N5O10P2.2Na/c18-8-6(3-25-29(23,24)27-28(20,21)22)26-12(9(8)19)17-5-14-7-10-13-1-2-16(10)4-15-11(7)17;;/h1-2,4-6,8-9,12,18-19H,3H2,(H,23,24)(H2,20,21,22);;/t6-,8-,9-,12-;;/m1../s1. The van der Waals surface area contributed by atoms with Gasteiger partial charge in [-0.3, -0.25) is 13.5 Å². The van der Waals surface area contributed by atoms with E-state index >= 15 is 0 Å². The molecule has 3 aromatic rings. The Hall–Kier alpha value is 0.230. The van der Waals surface area contributed by atoms with Gasteiger partial charge in [-0.1, -0.05) is 0 Å². The molecule has 0 saturated carbocycles. The van der Waals surface area contributed by atoms with Crippen LogP contribution >= 0.6 is 15.6 Å². The molecule has 0 aliphatic carbocycles. The smallest absolute Gasteiger partial charge is 0.387 e. The number of phosphoric acid groups is 2. The van der Waals surface area contributed by atoms with Crippen molar-refractivity contribution >= 4 is 91.6 Å². The number of hydrogen-bond donors (Lipinski definition) is 5. The van der Waals surface area contributed by atoms with Crippen molar-refractivity contribution < 1.29 is 47.6 Å². The quantitative estimate of drug-likeness (QED) is 0.187. The van der Waals surface area contributed by atoms with Gasteiger partial charge in [0.25, 0.3) is 0 Å². The van der Waals surface area contributed by atoms with E-state index in [1.54, 1.807) is 16.8 Å². The van der Waals surface area contributed by atoms with Gasteiger partial charge >= 0.3 is 15.6 Å². The van der Waals surface area contributed by atoms with Gasteiger partial charge in [0.2, 0.25) is 0 Å². The van der Waals surface area contributed by atoms with Gasteiger partial charge < -0.3 is 29.6 Å². The Morgan fingerprint density at radius 3 is 2.42 bits per heavy atom. The van der Waals surface area contributed by atoms with Crippen molar-refractivity contribution in [2.24, 2.45) is 0 Å². The summed E-state index contributed by atoms with van der Waals surface area (Å²) in [5.41, 5.74) is 1.23. The summed E-state index contributed by atoms with van der Waals surface area (Å²) in [6.07, 6.45) is 0.499. The number of aliphatic hydroxyl groups is 2. The normalized spacial score (nSPS) is 25.8. The number of rotatable bonds is 6.